The summed E-state index contributed by atoms with van der Waals surface area (Å²) in [5.74, 6) is -0.0660. The number of methoxy groups -OCH3 is 1. The number of benzene rings is 3. The van der Waals surface area contributed by atoms with Crippen LogP contribution in [0.15, 0.2) is 83.8 Å². The van der Waals surface area contributed by atoms with Gasteiger partial charge in [-0.15, -0.1) is 0 Å². The maximum atomic E-state index is 14.0. The van der Waals surface area contributed by atoms with Crippen molar-refractivity contribution >= 4 is 27.5 Å². The van der Waals surface area contributed by atoms with Gasteiger partial charge in [-0.25, -0.2) is 8.42 Å². The van der Waals surface area contributed by atoms with E-state index >= 15 is 0 Å². The highest BCUT2D eigenvalue weighted by Gasteiger charge is 2.33. The van der Waals surface area contributed by atoms with Crippen molar-refractivity contribution in [3.63, 3.8) is 0 Å². The summed E-state index contributed by atoms with van der Waals surface area (Å²) >= 11 is 0. The van der Waals surface area contributed by atoms with E-state index < -0.39 is 28.5 Å². The Morgan fingerprint density at radius 2 is 1.57 bits per heavy atom. The number of nitrogens with one attached hydrogen (secondary N) is 1. The number of amides is 2. The van der Waals surface area contributed by atoms with Crippen molar-refractivity contribution in [2.45, 2.75) is 57.5 Å². The van der Waals surface area contributed by atoms with Crippen LogP contribution in [0.5, 0.6) is 5.75 Å². The molecule has 3 rings (SSSR count). The van der Waals surface area contributed by atoms with Crippen LogP contribution >= 0.6 is 0 Å². The van der Waals surface area contributed by atoms with Crippen molar-refractivity contribution in [2.75, 3.05) is 24.5 Å². The highest BCUT2D eigenvalue weighted by molar-refractivity contribution is 7.92. The smallest absolute Gasteiger partial charge is 0.264 e. The number of ether oxygens (including phenoxy) is 1. The molecule has 0 radical (unpaired) electrons. The SMILES string of the molecule is CCCCNC(=O)[C@H](CC)N(Cc1ccc(OC)cc1)C(=O)CN(c1ccccc1)S(=O)(=O)c1ccc(C)cc1. The lowest BCUT2D eigenvalue weighted by molar-refractivity contribution is -0.140. The lowest BCUT2D eigenvalue weighted by atomic mass is 10.1. The number of rotatable bonds is 14. The van der Waals surface area contributed by atoms with Crippen molar-refractivity contribution in [3.8, 4) is 5.75 Å². The van der Waals surface area contributed by atoms with E-state index in [0.717, 1.165) is 28.3 Å². The minimum absolute atomic E-state index is 0.0841. The number of nitrogens with zero attached hydrogens (tertiary/aromatic N) is 2. The van der Waals surface area contributed by atoms with Gasteiger partial charge in [-0.1, -0.05) is 68.3 Å². The molecule has 0 saturated carbocycles. The molecule has 8 nitrogen and oxygen atoms in total. The number of hydrogen-bond acceptors (Lipinski definition) is 5. The number of anilines is 1. The van der Waals surface area contributed by atoms with E-state index in [9.17, 15) is 18.0 Å². The number of para-hydroxylation sites is 1. The average Bonchev–Trinajstić information content (AvgIpc) is 2.96. The highest BCUT2D eigenvalue weighted by atomic mass is 32.2. The zero-order chi connectivity index (χ0) is 29.1. The van der Waals surface area contributed by atoms with Crippen LogP contribution in [0.4, 0.5) is 5.69 Å². The van der Waals surface area contributed by atoms with Crippen LogP contribution < -0.4 is 14.4 Å². The molecule has 3 aromatic carbocycles. The van der Waals surface area contributed by atoms with Crippen molar-refractivity contribution < 1.29 is 22.7 Å². The van der Waals surface area contributed by atoms with Crippen LogP contribution in [0.25, 0.3) is 0 Å². The molecule has 2 amide bonds. The average molecular weight is 566 g/mol. The van der Waals surface area contributed by atoms with E-state index in [4.69, 9.17) is 4.74 Å². The van der Waals surface area contributed by atoms with Crippen LogP contribution in [0.2, 0.25) is 0 Å². The van der Waals surface area contributed by atoms with Crippen molar-refractivity contribution in [1.29, 1.82) is 0 Å². The largest absolute Gasteiger partial charge is 0.497 e. The molecule has 0 bridgehead atoms. The van der Waals surface area contributed by atoms with Gasteiger partial charge in [0.2, 0.25) is 11.8 Å². The van der Waals surface area contributed by atoms with Gasteiger partial charge in [0.1, 0.15) is 18.3 Å². The van der Waals surface area contributed by atoms with Gasteiger partial charge in [-0.2, -0.15) is 0 Å². The summed E-state index contributed by atoms with van der Waals surface area (Å²) in [6.45, 7) is 5.94. The summed E-state index contributed by atoms with van der Waals surface area (Å²) < 4.78 is 34.0. The molecule has 0 unspecified atom stereocenters. The molecule has 1 atom stereocenters. The second-order valence-electron chi connectivity index (χ2n) is 9.60. The van der Waals surface area contributed by atoms with Crippen molar-refractivity contribution in [1.82, 2.24) is 10.2 Å². The third-order valence-electron chi connectivity index (χ3n) is 6.66. The normalized spacial score (nSPS) is 11.9. The number of carbonyl (C=O) groups excluding carboxylic acids is 2. The van der Waals surface area contributed by atoms with Crippen molar-refractivity contribution in [2.24, 2.45) is 0 Å². The van der Waals surface area contributed by atoms with E-state index in [0.29, 0.717) is 24.4 Å². The first-order valence-electron chi connectivity index (χ1n) is 13.6. The van der Waals surface area contributed by atoms with Gasteiger partial charge in [-0.3, -0.25) is 13.9 Å². The lowest BCUT2D eigenvalue weighted by Gasteiger charge is -2.33. The molecule has 0 heterocycles. The first-order valence-corrected chi connectivity index (χ1v) is 15.0. The molecule has 0 aliphatic rings. The number of sulfonamides is 1. The monoisotopic (exact) mass is 565 g/mol. The fourth-order valence-corrected chi connectivity index (χ4v) is 5.73. The zero-order valence-electron chi connectivity index (χ0n) is 23.7. The van der Waals surface area contributed by atoms with E-state index in [2.05, 4.69) is 5.32 Å². The third kappa shape index (κ3) is 7.85. The van der Waals surface area contributed by atoms with Crippen LogP contribution in [0.1, 0.15) is 44.2 Å². The Morgan fingerprint density at radius 1 is 0.925 bits per heavy atom. The van der Waals surface area contributed by atoms with E-state index in [-0.39, 0.29) is 17.3 Å². The van der Waals surface area contributed by atoms with Gasteiger partial charge >= 0.3 is 0 Å². The van der Waals surface area contributed by atoms with Crippen LogP contribution in [-0.2, 0) is 26.2 Å². The number of hydrogen-bond donors (Lipinski definition) is 1. The van der Waals surface area contributed by atoms with E-state index in [1.807, 2.05) is 32.9 Å². The molecule has 0 aromatic heterocycles. The Balaban J connectivity index is 2.00. The predicted molar refractivity (Wildman–Crippen MR) is 158 cm³/mol. The Kier molecular flexibility index (Phi) is 11.1. The zero-order valence-corrected chi connectivity index (χ0v) is 24.5. The minimum atomic E-state index is -4.08. The Hall–Kier alpha value is -3.85. The fraction of sp³-hybridized carbons (Fsp3) is 0.355. The van der Waals surface area contributed by atoms with Gasteiger partial charge in [0.15, 0.2) is 0 Å². The molecular formula is C31H39N3O5S. The van der Waals surface area contributed by atoms with Gasteiger partial charge < -0.3 is 15.0 Å². The number of aryl methyl sites for hydroxylation is 1. The maximum Gasteiger partial charge on any atom is 0.264 e. The fourth-order valence-electron chi connectivity index (χ4n) is 4.31. The summed E-state index contributed by atoms with van der Waals surface area (Å²) in [5.41, 5.74) is 2.08. The topological polar surface area (TPSA) is 96.0 Å². The Morgan fingerprint density at radius 3 is 2.15 bits per heavy atom. The van der Waals surface area contributed by atoms with E-state index in [1.165, 1.54) is 17.0 Å². The molecule has 0 aliphatic heterocycles. The molecule has 9 heteroatoms. The van der Waals surface area contributed by atoms with Crippen molar-refractivity contribution in [3.05, 3.63) is 90.0 Å². The Bertz CT molecular complexity index is 1340. The second kappa shape index (κ2) is 14.5. The summed E-state index contributed by atoms with van der Waals surface area (Å²) in [4.78, 5) is 28.8. The molecule has 0 fully saturated rings. The molecular weight excluding hydrogens is 526 g/mol. The first kappa shape index (κ1) is 30.7. The number of carbonyl (C=O) groups is 2. The molecule has 0 spiro atoms. The third-order valence-corrected chi connectivity index (χ3v) is 8.45. The molecule has 0 aliphatic carbocycles. The molecule has 3 aromatic rings. The quantitative estimate of drug-likeness (QED) is 0.280. The van der Waals surface area contributed by atoms with Gasteiger partial charge in [0.05, 0.1) is 17.7 Å². The van der Waals surface area contributed by atoms with Crippen LogP contribution in [-0.4, -0.2) is 51.4 Å². The second-order valence-corrected chi connectivity index (χ2v) is 11.5. The predicted octanol–water partition coefficient (Wildman–Crippen LogP) is 4.92. The highest BCUT2D eigenvalue weighted by Crippen LogP contribution is 2.25. The maximum absolute atomic E-state index is 14.0. The van der Waals surface area contributed by atoms with Crippen LogP contribution in [0, 0.1) is 6.92 Å². The summed E-state index contributed by atoms with van der Waals surface area (Å²) in [5, 5.41) is 2.94. The Labute approximate surface area is 238 Å². The summed E-state index contributed by atoms with van der Waals surface area (Å²) in [7, 11) is -2.51. The molecule has 0 saturated heterocycles. The minimum Gasteiger partial charge on any atom is -0.497 e. The lowest BCUT2D eigenvalue weighted by Crippen LogP contribution is -2.52. The van der Waals surface area contributed by atoms with Gasteiger partial charge in [-0.05, 0) is 61.7 Å². The standard InChI is InChI=1S/C31H39N3O5S/c1-5-7-21-32-31(36)29(6-2)33(22-25-15-17-27(39-4)18-16-25)30(35)23-34(26-11-9-8-10-12-26)40(37,38)28-19-13-24(3)14-20-28/h8-20,29H,5-7,21-23H2,1-4H3,(H,32,36)/t29-/m0/s1. The van der Waals surface area contributed by atoms with Crippen LogP contribution in [0.3, 0.4) is 0 Å². The molecule has 1 N–H and O–H groups in total. The molecule has 40 heavy (non-hydrogen) atoms. The molecule has 214 valence electrons. The summed E-state index contributed by atoms with van der Waals surface area (Å²) in [6.07, 6.45) is 2.12. The van der Waals surface area contributed by atoms with Gasteiger partial charge in [0.25, 0.3) is 10.0 Å². The first-order chi connectivity index (χ1) is 19.2. The van der Waals surface area contributed by atoms with Gasteiger partial charge in [0, 0.05) is 13.1 Å². The summed E-state index contributed by atoms with van der Waals surface area (Å²) in [6, 6.07) is 21.5. The van der Waals surface area contributed by atoms with E-state index in [1.54, 1.807) is 61.7 Å². The number of unbranched alkanes of at least 4 members (excludes halogenated alkanes) is 1.